The van der Waals surface area contributed by atoms with E-state index in [1.54, 1.807) is 0 Å². The number of rotatable bonds is 4. The zero-order valence-corrected chi connectivity index (χ0v) is 7.24. The van der Waals surface area contributed by atoms with Crippen LogP contribution < -0.4 is 5.32 Å². The summed E-state index contributed by atoms with van der Waals surface area (Å²) in [6.45, 7) is 3.54. The van der Waals surface area contributed by atoms with Crippen LogP contribution >= 0.6 is 0 Å². The Labute approximate surface area is 67.7 Å². The molecular formula is C8H16N2O. The molecular weight excluding hydrogens is 140 g/mol. The minimum Gasteiger partial charge on any atom is -0.315 e. The highest BCUT2D eigenvalue weighted by Crippen LogP contribution is 1.97. The van der Waals surface area contributed by atoms with Crippen LogP contribution in [-0.2, 0) is 4.79 Å². The smallest absolute Gasteiger partial charge is 0.222 e. The van der Waals surface area contributed by atoms with Gasteiger partial charge in [-0.3, -0.25) is 10.2 Å². The Hall–Kier alpha value is -0.860. The van der Waals surface area contributed by atoms with Gasteiger partial charge in [0.2, 0.25) is 5.91 Å². The third-order valence-corrected chi connectivity index (χ3v) is 1.36. The van der Waals surface area contributed by atoms with Gasteiger partial charge in [0.15, 0.2) is 0 Å². The first-order valence-electron chi connectivity index (χ1n) is 4.01. The first kappa shape index (κ1) is 10.1. The van der Waals surface area contributed by atoms with Gasteiger partial charge in [0.25, 0.3) is 0 Å². The molecule has 0 saturated carbocycles. The monoisotopic (exact) mass is 156 g/mol. The molecule has 0 aromatic carbocycles. The standard InChI is InChI=1S/C8H16N2O/c1-3-4-5-6-8(9)10-7(2)11/h3-6H2,1-2H3,(H2,9,10,11). The van der Waals surface area contributed by atoms with E-state index in [1.165, 1.54) is 6.92 Å². The van der Waals surface area contributed by atoms with Gasteiger partial charge in [-0.1, -0.05) is 19.8 Å². The van der Waals surface area contributed by atoms with E-state index in [-0.39, 0.29) is 5.91 Å². The van der Waals surface area contributed by atoms with Crippen LogP contribution in [0.2, 0.25) is 0 Å². The lowest BCUT2D eigenvalue weighted by atomic mass is 10.2. The van der Waals surface area contributed by atoms with Crippen molar-refractivity contribution < 1.29 is 4.79 Å². The number of unbranched alkanes of at least 4 members (excludes halogenated alkanes) is 2. The van der Waals surface area contributed by atoms with Crippen molar-refractivity contribution >= 4 is 11.7 Å². The predicted octanol–water partition coefficient (Wildman–Crippen LogP) is 1.68. The number of nitrogens with one attached hydrogen (secondary N) is 2. The molecule has 0 fully saturated rings. The molecule has 1 amide bonds. The van der Waals surface area contributed by atoms with Gasteiger partial charge in [0.05, 0.1) is 5.84 Å². The first-order valence-corrected chi connectivity index (χ1v) is 4.01. The van der Waals surface area contributed by atoms with Crippen LogP contribution in [0.15, 0.2) is 0 Å². The number of carbonyl (C=O) groups excluding carboxylic acids is 1. The zero-order valence-electron chi connectivity index (χ0n) is 7.24. The summed E-state index contributed by atoms with van der Waals surface area (Å²) in [7, 11) is 0. The molecule has 2 N–H and O–H groups in total. The first-order chi connectivity index (χ1) is 5.16. The van der Waals surface area contributed by atoms with Crippen molar-refractivity contribution in [2.45, 2.75) is 39.5 Å². The Morgan fingerprint density at radius 2 is 2.09 bits per heavy atom. The molecule has 0 bridgehead atoms. The average molecular weight is 156 g/mol. The largest absolute Gasteiger partial charge is 0.315 e. The lowest BCUT2D eigenvalue weighted by Gasteiger charge is -2.02. The molecule has 0 aromatic heterocycles. The highest BCUT2D eigenvalue weighted by atomic mass is 16.1. The predicted molar refractivity (Wildman–Crippen MR) is 45.7 cm³/mol. The van der Waals surface area contributed by atoms with E-state index in [1.807, 2.05) is 0 Å². The van der Waals surface area contributed by atoms with Crippen molar-refractivity contribution in [1.29, 1.82) is 5.41 Å². The van der Waals surface area contributed by atoms with Crippen LogP contribution in [0.25, 0.3) is 0 Å². The maximum Gasteiger partial charge on any atom is 0.222 e. The summed E-state index contributed by atoms with van der Waals surface area (Å²) >= 11 is 0. The molecule has 11 heavy (non-hydrogen) atoms. The molecule has 3 heteroatoms. The molecule has 0 spiro atoms. The normalized spacial score (nSPS) is 9.27. The molecule has 0 aromatic rings. The lowest BCUT2D eigenvalue weighted by Crippen LogP contribution is -2.26. The summed E-state index contributed by atoms with van der Waals surface area (Å²) in [5, 5.41) is 9.71. The van der Waals surface area contributed by atoms with E-state index in [0.29, 0.717) is 12.3 Å². The van der Waals surface area contributed by atoms with E-state index < -0.39 is 0 Å². The fourth-order valence-electron chi connectivity index (χ4n) is 0.827. The number of hydrogen-bond acceptors (Lipinski definition) is 2. The van der Waals surface area contributed by atoms with Gasteiger partial charge >= 0.3 is 0 Å². The van der Waals surface area contributed by atoms with Gasteiger partial charge in [0.1, 0.15) is 0 Å². The molecule has 0 atom stereocenters. The van der Waals surface area contributed by atoms with E-state index >= 15 is 0 Å². The summed E-state index contributed by atoms with van der Waals surface area (Å²) in [6, 6.07) is 0. The van der Waals surface area contributed by atoms with Crippen LogP contribution in [0, 0.1) is 5.41 Å². The van der Waals surface area contributed by atoms with Crippen molar-refractivity contribution in [3.63, 3.8) is 0 Å². The molecule has 0 rings (SSSR count). The topological polar surface area (TPSA) is 53.0 Å². The SMILES string of the molecule is CCCCCC(=N)NC(C)=O. The fourth-order valence-corrected chi connectivity index (χ4v) is 0.827. The van der Waals surface area contributed by atoms with Crippen molar-refractivity contribution in [2.24, 2.45) is 0 Å². The van der Waals surface area contributed by atoms with Gasteiger partial charge in [-0.05, 0) is 6.42 Å². The molecule has 3 nitrogen and oxygen atoms in total. The van der Waals surface area contributed by atoms with Crippen LogP contribution in [0.3, 0.4) is 0 Å². The van der Waals surface area contributed by atoms with Crippen molar-refractivity contribution in [3.8, 4) is 0 Å². The van der Waals surface area contributed by atoms with Crippen LogP contribution in [-0.4, -0.2) is 11.7 Å². The van der Waals surface area contributed by atoms with Gasteiger partial charge in [-0.2, -0.15) is 0 Å². The van der Waals surface area contributed by atoms with Crippen molar-refractivity contribution in [3.05, 3.63) is 0 Å². The molecule has 64 valence electrons. The van der Waals surface area contributed by atoms with E-state index in [9.17, 15) is 4.79 Å². The van der Waals surface area contributed by atoms with Gasteiger partial charge in [0, 0.05) is 13.3 Å². The van der Waals surface area contributed by atoms with Crippen LogP contribution in [0.1, 0.15) is 39.5 Å². The van der Waals surface area contributed by atoms with E-state index in [0.717, 1.165) is 19.3 Å². The molecule has 0 saturated heterocycles. The highest BCUT2D eigenvalue weighted by molar-refractivity contribution is 5.95. The Balaban J connectivity index is 3.30. The summed E-state index contributed by atoms with van der Waals surface area (Å²) in [5.74, 6) is 0.192. The Morgan fingerprint density at radius 3 is 2.55 bits per heavy atom. The van der Waals surface area contributed by atoms with E-state index in [2.05, 4.69) is 12.2 Å². The van der Waals surface area contributed by atoms with Crippen LogP contribution in [0.4, 0.5) is 0 Å². The number of amides is 1. The molecule has 0 radical (unpaired) electrons. The zero-order chi connectivity index (χ0) is 8.69. The highest BCUT2D eigenvalue weighted by Gasteiger charge is 1.97. The number of carbonyl (C=O) groups is 1. The lowest BCUT2D eigenvalue weighted by molar-refractivity contribution is -0.117. The molecule has 0 unspecified atom stereocenters. The summed E-state index contributed by atoms with van der Waals surface area (Å²) in [4.78, 5) is 10.4. The Kier molecular flexibility index (Phi) is 5.43. The average Bonchev–Trinajstić information content (AvgIpc) is 1.86. The maximum atomic E-state index is 10.4. The maximum absolute atomic E-state index is 10.4. The summed E-state index contributed by atoms with van der Waals surface area (Å²) in [5.41, 5.74) is 0. The molecule has 0 aliphatic heterocycles. The molecule has 0 aliphatic carbocycles. The van der Waals surface area contributed by atoms with Crippen LogP contribution in [0.5, 0.6) is 0 Å². The summed E-state index contributed by atoms with van der Waals surface area (Å²) < 4.78 is 0. The molecule has 0 aliphatic rings. The van der Waals surface area contributed by atoms with Gasteiger partial charge in [-0.25, -0.2) is 0 Å². The van der Waals surface area contributed by atoms with Crippen molar-refractivity contribution in [1.82, 2.24) is 5.32 Å². The Bertz CT molecular complexity index is 143. The minimum atomic E-state index is -0.147. The molecule has 0 heterocycles. The third-order valence-electron chi connectivity index (χ3n) is 1.36. The second-order valence-electron chi connectivity index (χ2n) is 2.62. The number of amidine groups is 1. The summed E-state index contributed by atoms with van der Waals surface area (Å²) in [6.07, 6.45) is 3.96. The van der Waals surface area contributed by atoms with Gasteiger partial charge < -0.3 is 5.32 Å². The van der Waals surface area contributed by atoms with Gasteiger partial charge in [-0.15, -0.1) is 0 Å². The third kappa shape index (κ3) is 7.03. The Morgan fingerprint density at radius 1 is 1.45 bits per heavy atom. The second kappa shape index (κ2) is 5.89. The second-order valence-corrected chi connectivity index (χ2v) is 2.62. The van der Waals surface area contributed by atoms with E-state index in [4.69, 9.17) is 5.41 Å². The quantitative estimate of drug-likeness (QED) is 0.363. The van der Waals surface area contributed by atoms with Crippen molar-refractivity contribution in [2.75, 3.05) is 0 Å². The number of hydrogen-bond donors (Lipinski definition) is 2. The minimum absolute atomic E-state index is 0.147. The fraction of sp³-hybridized carbons (Fsp3) is 0.750.